The van der Waals surface area contributed by atoms with Crippen LogP contribution in [0.25, 0.3) is 0 Å². The van der Waals surface area contributed by atoms with Gasteiger partial charge in [-0.2, -0.15) is 5.10 Å². The van der Waals surface area contributed by atoms with E-state index in [1.807, 2.05) is 30.3 Å². The lowest BCUT2D eigenvalue weighted by molar-refractivity contribution is -0.142. The predicted molar refractivity (Wildman–Crippen MR) is 122 cm³/mol. The van der Waals surface area contributed by atoms with E-state index in [0.29, 0.717) is 35.1 Å². The van der Waals surface area contributed by atoms with E-state index in [-0.39, 0.29) is 31.8 Å². The Hall–Kier alpha value is -3.79. The Morgan fingerprint density at radius 2 is 1.88 bits per heavy atom. The van der Waals surface area contributed by atoms with Gasteiger partial charge in [0.15, 0.2) is 11.5 Å². The summed E-state index contributed by atoms with van der Waals surface area (Å²) in [6.45, 7) is -0.0873. The molecule has 0 N–H and O–H groups in total. The van der Waals surface area contributed by atoms with Crippen molar-refractivity contribution in [3.05, 3.63) is 47.5 Å². The van der Waals surface area contributed by atoms with Crippen molar-refractivity contribution in [1.29, 1.82) is 0 Å². The molecule has 2 aliphatic rings. The lowest BCUT2D eigenvalue weighted by atomic mass is 9.97. The summed E-state index contributed by atoms with van der Waals surface area (Å²) in [6, 6.07) is 10.6. The summed E-state index contributed by atoms with van der Waals surface area (Å²) in [5.41, 5.74) is 2.28. The SMILES string of the molecule is COCC(=O)N(C)CC(=O)N1N=C(c2ccc(OC)cc2OC)CC1c1ccc2c(c1)OCO2. The fraction of sp³-hybridized carbons (Fsp3) is 0.375. The molecule has 2 aromatic rings. The Balaban J connectivity index is 1.67. The maximum absolute atomic E-state index is 13.3. The van der Waals surface area contributed by atoms with Crippen molar-refractivity contribution in [2.75, 3.05) is 48.3 Å². The average molecular weight is 469 g/mol. The number of benzene rings is 2. The minimum absolute atomic E-state index is 0.104. The zero-order chi connectivity index (χ0) is 24.2. The topological polar surface area (TPSA) is 99.1 Å². The standard InChI is InChI=1S/C24H27N3O7/c1-26(24(29)13-30-2)12-23(28)27-19(15-5-8-20-22(9-15)34-14-33-20)11-18(25-27)17-7-6-16(31-3)10-21(17)32-4/h5-10,19H,11-14H2,1-4H3. The van der Waals surface area contributed by atoms with E-state index in [1.165, 1.54) is 17.0 Å². The van der Waals surface area contributed by atoms with E-state index >= 15 is 0 Å². The molecule has 0 saturated carbocycles. The van der Waals surface area contributed by atoms with Crippen molar-refractivity contribution in [3.8, 4) is 23.0 Å². The van der Waals surface area contributed by atoms with Crippen molar-refractivity contribution in [3.63, 3.8) is 0 Å². The first-order valence-electron chi connectivity index (χ1n) is 10.7. The Morgan fingerprint density at radius 1 is 1.09 bits per heavy atom. The molecular formula is C24H27N3O7. The van der Waals surface area contributed by atoms with Crippen molar-refractivity contribution >= 4 is 17.5 Å². The van der Waals surface area contributed by atoms with Gasteiger partial charge in [0.1, 0.15) is 24.7 Å². The predicted octanol–water partition coefficient (Wildman–Crippen LogP) is 2.22. The van der Waals surface area contributed by atoms with Crippen molar-refractivity contribution in [2.24, 2.45) is 5.10 Å². The first-order valence-corrected chi connectivity index (χ1v) is 10.7. The third kappa shape index (κ3) is 4.62. The van der Waals surface area contributed by atoms with Crippen LogP contribution in [0.4, 0.5) is 0 Å². The van der Waals surface area contributed by atoms with Crippen molar-refractivity contribution in [1.82, 2.24) is 9.91 Å². The van der Waals surface area contributed by atoms with Crippen molar-refractivity contribution < 1.29 is 33.3 Å². The maximum Gasteiger partial charge on any atom is 0.262 e. The molecule has 2 aromatic carbocycles. The zero-order valence-electron chi connectivity index (χ0n) is 19.6. The van der Waals surface area contributed by atoms with Crippen LogP contribution in [-0.2, 0) is 14.3 Å². The second-order valence-electron chi connectivity index (χ2n) is 7.87. The maximum atomic E-state index is 13.3. The normalized spacial score (nSPS) is 16.3. The van der Waals surface area contributed by atoms with Gasteiger partial charge < -0.3 is 28.6 Å². The van der Waals surface area contributed by atoms with Crippen LogP contribution in [0.5, 0.6) is 23.0 Å². The summed E-state index contributed by atoms with van der Waals surface area (Å²) in [4.78, 5) is 26.8. The lowest BCUT2D eigenvalue weighted by Crippen LogP contribution is -2.40. The lowest BCUT2D eigenvalue weighted by Gasteiger charge is -2.25. The Bertz CT molecular complexity index is 1120. The molecule has 0 fully saturated rings. The van der Waals surface area contributed by atoms with Gasteiger partial charge in [-0.15, -0.1) is 0 Å². The van der Waals surface area contributed by atoms with Crippen LogP contribution in [0.1, 0.15) is 23.6 Å². The van der Waals surface area contributed by atoms with Crippen LogP contribution >= 0.6 is 0 Å². The van der Waals surface area contributed by atoms with Crippen LogP contribution in [0.15, 0.2) is 41.5 Å². The Kier molecular flexibility index (Phi) is 6.87. The highest BCUT2D eigenvalue weighted by Gasteiger charge is 2.35. The minimum atomic E-state index is -0.394. The number of amides is 2. The number of ether oxygens (including phenoxy) is 5. The van der Waals surface area contributed by atoms with Gasteiger partial charge >= 0.3 is 0 Å². The van der Waals surface area contributed by atoms with Crippen molar-refractivity contribution in [2.45, 2.75) is 12.5 Å². The molecule has 0 saturated heterocycles. The second kappa shape index (κ2) is 10.0. The number of carbonyl (C=O) groups excluding carboxylic acids is 2. The van der Waals surface area contributed by atoms with Crippen LogP contribution in [0.2, 0.25) is 0 Å². The van der Waals surface area contributed by atoms with E-state index in [2.05, 4.69) is 5.10 Å². The van der Waals surface area contributed by atoms with Gasteiger partial charge in [0, 0.05) is 32.2 Å². The summed E-state index contributed by atoms with van der Waals surface area (Å²) in [5, 5.41) is 6.09. The van der Waals surface area contributed by atoms with E-state index < -0.39 is 6.04 Å². The molecular weight excluding hydrogens is 442 g/mol. The molecule has 0 spiro atoms. The summed E-state index contributed by atoms with van der Waals surface area (Å²) in [6.07, 6.45) is 0.448. The molecule has 180 valence electrons. The number of rotatable bonds is 8. The molecule has 10 nitrogen and oxygen atoms in total. The number of fused-ring (bicyclic) bond motifs is 1. The fourth-order valence-electron chi connectivity index (χ4n) is 3.92. The molecule has 2 amide bonds. The van der Waals surface area contributed by atoms with Gasteiger partial charge in [-0.1, -0.05) is 6.07 Å². The fourth-order valence-corrected chi connectivity index (χ4v) is 3.92. The molecule has 2 heterocycles. The van der Waals surface area contributed by atoms with Gasteiger partial charge in [-0.25, -0.2) is 5.01 Å². The summed E-state index contributed by atoms with van der Waals surface area (Å²) in [5.74, 6) is 1.89. The Morgan fingerprint density at radius 3 is 2.62 bits per heavy atom. The first-order chi connectivity index (χ1) is 16.4. The molecule has 0 aliphatic carbocycles. The van der Waals surface area contributed by atoms with E-state index in [0.717, 1.165) is 11.1 Å². The van der Waals surface area contributed by atoms with E-state index in [4.69, 9.17) is 23.7 Å². The monoisotopic (exact) mass is 469 g/mol. The number of hydrogen-bond acceptors (Lipinski definition) is 8. The first kappa shape index (κ1) is 23.4. The molecule has 34 heavy (non-hydrogen) atoms. The quantitative estimate of drug-likeness (QED) is 0.585. The smallest absolute Gasteiger partial charge is 0.262 e. The Labute approximate surface area is 197 Å². The number of hydrogen-bond donors (Lipinski definition) is 0. The third-order valence-electron chi connectivity index (χ3n) is 5.73. The number of hydrazone groups is 1. The number of nitrogens with zero attached hydrogens (tertiary/aromatic N) is 3. The highest BCUT2D eigenvalue weighted by molar-refractivity contribution is 6.05. The molecule has 0 radical (unpaired) electrons. The zero-order valence-corrected chi connectivity index (χ0v) is 19.6. The van der Waals surface area contributed by atoms with Gasteiger partial charge in [-0.05, 0) is 29.8 Å². The largest absolute Gasteiger partial charge is 0.497 e. The second-order valence-corrected chi connectivity index (χ2v) is 7.87. The van der Waals surface area contributed by atoms with Gasteiger partial charge in [0.2, 0.25) is 12.7 Å². The van der Waals surface area contributed by atoms with Gasteiger partial charge in [-0.3, -0.25) is 9.59 Å². The third-order valence-corrected chi connectivity index (χ3v) is 5.73. The molecule has 1 atom stereocenters. The highest BCUT2D eigenvalue weighted by atomic mass is 16.7. The molecule has 1 unspecified atom stereocenters. The molecule has 4 rings (SSSR count). The average Bonchev–Trinajstić information content (AvgIpc) is 3.50. The molecule has 0 bridgehead atoms. The number of carbonyl (C=O) groups is 2. The molecule has 10 heteroatoms. The van der Waals surface area contributed by atoms with Crippen LogP contribution < -0.4 is 18.9 Å². The van der Waals surface area contributed by atoms with Crippen LogP contribution in [-0.4, -0.2) is 75.8 Å². The van der Waals surface area contributed by atoms with Crippen LogP contribution in [0, 0.1) is 0 Å². The van der Waals surface area contributed by atoms with E-state index in [1.54, 1.807) is 27.3 Å². The summed E-state index contributed by atoms with van der Waals surface area (Å²) in [7, 11) is 6.14. The van der Waals surface area contributed by atoms with E-state index in [9.17, 15) is 9.59 Å². The molecule has 2 aliphatic heterocycles. The van der Waals surface area contributed by atoms with Crippen LogP contribution in [0.3, 0.4) is 0 Å². The number of methoxy groups -OCH3 is 3. The number of likely N-dealkylation sites (N-methyl/N-ethyl adjacent to an activating group) is 1. The highest BCUT2D eigenvalue weighted by Crippen LogP contribution is 2.40. The van der Waals surface area contributed by atoms with Gasteiger partial charge in [0.25, 0.3) is 5.91 Å². The van der Waals surface area contributed by atoms with Gasteiger partial charge in [0.05, 0.1) is 26.0 Å². The summed E-state index contributed by atoms with van der Waals surface area (Å²) >= 11 is 0. The molecule has 0 aromatic heterocycles. The summed E-state index contributed by atoms with van der Waals surface area (Å²) < 4.78 is 26.7. The minimum Gasteiger partial charge on any atom is -0.497 e.